The Labute approximate surface area is 186 Å². The van der Waals surface area contributed by atoms with Gasteiger partial charge in [-0.25, -0.2) is 0 Å². The van der Waals surface area contributed by atoms with Crippen LogP contribution in [0.2, 0.25) is 0 Å². The molecule has 0 saturated carbocycles. The van der Waals surface area contributed by atoms with Gasteiger partial charge in [-0.3, -0.25) is 0 Å². The predicted octanol–water partition coefficient (Wildman–Crippen LogP) is 1.97. The number of rotatable bonds is 4. The molecule has 0 amide bonds. The van der Waals surface area contributed by atoms with Crippen molar-refractivity contribution in [3.63, 3.8) is 0 Å². The van der Waals surface area contributed by atoms with Crippen molar-refractivity contribution in [2.75, 3.05) is 11.5 Å². The van der Waals surface area contributed by atoms with Crippen LogP contribution in [0, 0.1) is 20.1 Å². The molecule has 0 aromatic heterocycles. The molecule has 1 aliphatic heterocycles. The smallest absolute Gasteiger partial charge is 0.496 e. The SMILES string of the molecule is [C-]#[N+]C([N+]#[C-])=C1C=C(C)N(c2ccc(OCC[CH2-])cc2)C(C)=C1.[K+]. The maximum absolute atomic E-state index is 7.08. The van der Waals surface area contributed by atoms with Crippen molar-refractivity contribution in [1.29, 1.82) is 0 Å². The molecule has 0 unspecified atom stereocenters. The molecule has 4 nitrogen and oxygen atoms in total. The first-order valence-corrected chi connectivity index (χ1v) is 7.28. The van der Waals surface area contributed by atoms with Gasteiger partial charge in [0.15, 0.2) is 0 Å². The van der Waals surface area contributed by atoms with Gasteiger partial charge in [-0.2, -0.15) is 9.69 Å². The standard InChI is InChI=1S/C19H18N3O.K/c1-6-11-23-18-9-7-17(8-10-18)22-14(2)12-16(13-15(22)3)19(20-4)21-5;/h7-10,12-13H,1,6,11H2,2-3H3;/q-1;+1. The van der Waals surface area contributed by atoms with E-state index < -0.39 is 0 Å². The number of hydrogen-bond acceptors (Lipinski definition) is 2. The van der Waals surface area contributed by atoms with E-state index in [9.17, 15) is 0 Å². The van der Waals surface area contributed by atoms with Gasteiger partial charge in [0.25, 0.3) is 0 Å². The molecule has 1 aromatic rings. The monoisotopic (exact) mass is 343 g/mol. The van der Waals surface area contributed by atoms with Crippen LogP contribution in [-0.4, -0.2) is 6.61 Å². The largest absolute Gasteiger partial charge is 1.00 e. The van der Waals surface area contributed by atoms with Gasteiger partial charge in [-0.15, -0.1) is 6.42 Å². The summed E-state index contributed by atoms with van der Waals surface area (Å²) in [5.74, 6) is 0.918. The fraction of sp³-hybridized carbons (Fsp3) is 0.211. The molecule has 2 rings (SSSR count). The minimum absolute atomic E-state index is 0. The number of allylic oxidation sites excluding steroid dienone is 5. The number of ether oxygens (including phenoxy) is 1. The molecule has 1 aromatic carbocycles. The van der Waals surface area contributed by atoms with Crippen LogP contribution in [0.3, 0.4) is 0 Å². The Bertz CT molecular complexity index is 723. The van der Waals surface area contributed by atoms with Gasteiger partial charge < -0.3 is 16.6 Å². The second-order valence-corrected chi connectivity index (χ2v) is 5.11. The number of benzene rings is 1. The molecule has 0 N–H and O–H groups in total. The van der Waals surface area contributed by atoms with Crippen LogP contribution in [0.5, 0.6) is 5.75 Å². The minimum atomic E-state index is 0. The zero-order valence-corrected chi connectivity index (χ0v) is 17.5. The van der Waals surface area contributed by atoms with Crippen LogP contribution in [0.15, 0.2) is 59.2 Å². The van der Waals surface area contributed by atoms with Crippen LogP contribution in [0.25, 0.3) is 9.69 Å². The van der Waals surface area contributed by atoms with E-state index >= 15 is 0 Å². The Morgan fingerprint density at radius 3 is 2.08 bits per heavy atom. The Kier molecular flexibility index (Phi) is 8.48. The maximum atomic E-state index is 7.08. The Balaban J connectivity index is 0.00000288. The first-order chi connectivity index (χ1) is 11.1. The summed E-state index contributed by atoms with van der Waals surface area (Å²) in [7, 11) is 0. The van der Waals surface area contributed by atoms with E-state index in [1.807, 2.05) is 50.3 Å². The van der Waals surface area contributed by atoms with Gasteiger partial charge in [-0.1, -0.05) is 0 Å². The first kappa shape index (κ1) is 20.7. The molecule has 0 atom stereocenters. The fourth-order valence-electron chi connectivity index (χ4n) is 2.47. The Morgan fingerprint density at radius 2 is 1.62 bits per heavy atom. The summed E-state index contributed by atoms with van der Waals surface area (Å²) in [6, 6.07) is 7.85. The van der Waals surface area contributed by atoms with E-state index in [1.54, 1.807) is 0 Å². The van der Waals surface area contributed by atoms with Gasteiger partial charge in [-0.05, 0) is 50.3 Å². The zero-order valence-electron chi connectivity index (χ0n) is 14.3. The van der Waals surface area contributed by atoms with Crippen LogP contribution in [0.4, 0.5) is 5.69 Å². The summed E-state index contributed by atoms with van der Waals surface area (Å²) in [6.07, 6.45) is 4.47. The Morgan fingerprint density at radius 1 is 1.08 bits per heavy atom. The van der Waals surface area contributed by atoms with Crippen molar-refractivity contribution in [2.45, 2.75) is 20.3 Å². The van der Waals surface area contributed by atoms with E-state index in [0.29, 0.717) is 12.2 Å². The summed E-state index contributed by atoms with van der Waals surface area (Å²) in [6.45, 7) is 22.5. The molecule has 116 valence electrons. The number of hydrogen-bond donors (Lipinski definition) is 0. The summed E-state index contributed by atoms with van der Waals surface area (Å²) >= 11 is 0. The van der Waals surface area contributed by atoms with E-state index in [1.165, 1.54) is 0 Å². The quantitative estimate of drug-likeness (QED) is 0.616. The summed E-state index contributed by atoms with van der Waals surface area (Å²) in [5, 5.41) is 0. The van der Waals surface area contributed by atoms with Crippen LogP contribution < -0.4 is 61.0 Å². The van der Waals surface area contributed by atoms with E-state index in [2.05, 4.69) is 21.5 Å². The van der Waals surface area contributed by atoms with Crippen molar-refractivity contribution in [2.24, 2.45) is 0 Å². The van der Waals surface area contributed by atoms with Crippen molar-refractivity contribution >= 4 is 5.69 Å². The maximum Gasteiger partial charge on any atom is 1.00 e. The third-order valence-electron chi connectivity index (χ3n) is 3.41. The molecule has 0 fully saturated rings. The normalized spacial score (nSPS) is 13.0. The second kappa shape index (κ2) is 9.83. The van der Waals surface area contributed by atoms with Gasteiger partial charge in [0.05, 0.1) is 12.2 Å². The van der Waals surface area contributed by atoms with E-state index in [-0.39, 0.29) is 57.2 Å². The van der Waals surface area contributed by atoms with Crippen LogP contribution in [-0.2, 0) is 0 Å². The summed E-state index contributed by atoms with van der Waals surface area (Å²) in [5.41, 5.74) is 3.62. The molecular weight excluding hydrogens is 325 g/mol. The molecular formula is C19H18KN3O. The van der Waals surface area contributed by atoms with Crippen molar-refractivity contribution in [1.82, 2.24) is 0 Å². The topological polar surface area (TPSA) is 21.2 Å². The summed E-state index contributed by atoms with van der Waals surface area (Å²) in [4.78, 5) is 8.65. The van der Waals surface area contributed by atoms with Gasteiger partial charge in [0.2, 0.25) is 0 Å². The second-order valence-electron chi connectivity index (χ2n) is 5.11. The Hall–Kier alpha value is -1.34. The van der Waals surface area contributed by atoms with Crippen molar-refractivity contribution in [3.05, 3.63) is 89.0 Å². The average Bonchev–Trinajstić information content (AvgIpc) is 2.54. The third kappa shape index (κ3) is 4.83. The molecule has 5 heteroatoms. The molecule has 0 aliphatic carbocycles. The van der Waals surface area contributed by atoms with Crippen molar-refractivity contribution in [3.8, 4) is 5.75 Å². The molecule has 24 heavy (non-hydrogen) atoms. The van der Waals surface area contributed by atoms with Crippen molar-refractivity contribution < 1.29 is 56.1 Å². The van der Waals surface area contributed by atoms with Gasteiger partial charge in [0, 0.05) is 17.1 Å². The van der Waals surface area contributed by atoms with Crippen LogP contribution in [0.1, 0.15) is 20.3 Å². The number of anilines is 1. The molecule has 1 heterocycles. The van der Waals surface area contributed by atoms with Gasteiger partial charge >= 0.3 is 57.2 Å². The number of nitrogens with zero attached hydrogens (tertiary/aromatic N) is 3. The van der Waals surface area contributed by atoms with Gasteiger partial charge in [0.1, 0.15) is 18.9 Å². The predicted molar refractivity (Wildman–Crippen MR) is 92.1 cm³/mol. The third-order valence-corrected chi connectivity index (χ3v) is 3.41. The molecule has 0 bridgehead atoms. The molecule has 0 radical (unpaired) electrons. The average molecular weight is 343 g/mol. The first-order valence-electron chi connectivity index (χ1n) is 7.28. The minimum Gasteiger partial charge on any atom is -0.496 e. The van der Waals surface area contributed by atoms with E-state index in [0.717, 1.165) is 29.3 Å². The fourth-order valence-corrected chi connectivity index (χ4v) is 2.47. The zero-order chi connectivity index (χ0) is 16.8. The molecule has 1 aliphatic rings. The van der Waals surface area contributed by atoms with Crippen LogP contribution >= 0.6 is 0 Å². The molecule has 0 saturated heterocycles. The summed E-state index contributed by atoms with van der Waals surface area (Å²) < 4.78 is 5.54. The molecule has 0 spiro atoms. The van der Waals surface area contributed by atoms with E-state index in [4.69, 9.17) is 17.9 Å².